The molecule has 86 valence electrons. The van der Waals surface area contributed by atoms with Gasteiger partial charge in [-0.15, -0.1) is 0 Å². The van der Waals surface area contributed by atoms with Gasteiger partial charge in [-0.2, -0.15) is 0 Å². The minimum Gasteiger partial charge on any atom is -0.495 e. The van der Waals surface area contributed by atoms with Crippen LogP contribution in [-0.4, -0.2) is 17.8 Å². The van der Waals surface area contributed by atoms with Crippen LogP contribution in [0, 0.1) is 6.92 Å². The molecule has 2 rings (SSSR count). The highest BCUT2D eigenvalue weighted by Gasteiger charge is 2.15. The molecule has 0 fully saturated rings. The monoisotopic (exact) mass is 218 g/mol. The second-order valence-corrected chi connectivity index (χ2v) is 4.28. The topological polar surface area (TPSA) is 29.5 Å². The van der Waals surface area contributed by atoms with Gasteiger partial charge in [-0.1, -0.05) is 29.8 Å². The Kier molecular flexibility index (Phi) is 3.62. The minimum atomic E-state index is -0.441. The summed E-state index contributed by atoms with van der Waals surface area (Å²) in [6, 6.07) is 8.44. The van der Waals surface area contributed by atoms with Crippen molar-refractivity contribution >= 4 is 0 Å². The van der Waals surface area contributed by atoms with Gasteiger partial charge in [-0.25, -0.2) is 0 Å². The highest BCUT2D eigenvalue weighted by atomic mass is 16.5. The molecule has 0 radical (unpaired) electrons. The van der Waals surface area contributed by atoms with E-state index in [1.807, 2.05) is 6.08 Å². The van der Waals surface area contributed by atoms with E-state index >= 15 is 0 Å². The van der Waals surface area contributed by atoms with Crippen LogP contribution in [0.15, 0.2) is 36.1 Å². The summed E-state index contributed by atoms with van der Waals surface area (Å²) in [5.41, 5.74) is 2.54. The van der Waals surface area contributed by atoms with E-state index in [0.29, 0.717) is 0 Å². The molecule has 1 heterocycles. The first-order chi connectivity index (χ1) is 7.75. The Morgan fingerprint density at radius 3 is 2.69 bits per heavy atom. The molecule has 0 spiro atoms. The molecule has 1 unspecified atom stereocenters. The first-order valence-electron chi connectivity index (χ1n) is 5.82. The second kappa shape index (κ2) is 5.17. The van der Waals surface area contributed by atoms with Crippen molar-refractivity contribution in [3.8, 4) is 0 Å². The standard InChI is InChI=1S/C14H18O2/c1-11-4-6-12(7-5-11)8-9-13(15)14-3-2-10-16-14/h3-7,13,15H,2,8-10H2,1H3. The molecule has 1 aromatic carbocycles. The highest BCUT2D eigenvalue weighted by molar-refractivity contribution is 5.21. The van der Waals surface area contributed by atoms with Crippen molar-refractivity contribution in [2.24, 2.45) is 0 Å². The Bertz CT molecular complexity index is 365. The predicted molar refractivity (Wildman–Crippen MR) is 64.2 cm³/mol. The number of hydrogen-bond acceptors (Lipinski definition) is 2. The molecule has 1 atom stereocenters. The van der Waals surface area contributed by atoms with Crippen LogP contribution in [0.2, 0.25) is 0 Å². The van der Waals surface area contributed by atoms with Crippen LogP contribution in [0.4, 0.5) is 0 Å². The summed E-state index contributed by atoms with van der Waals surface area (Å²) >= 11 is 0. The number of aliphatic hydroxyl groups excluding tert-OH is 1. The van der Waals surface area contributed by atoms with Crippen molar-refractivity contribution in [3.63, 3.8) is 0 Å². The molecule has 16 heavy (non-hydrogen) atoms. The average Bonchev–Trinajstić information content (AvgIpc) is 2.81. The smallest absolute Gasteiger partial charge is 0.121 e. The van der Waals surface area contributed by atoms with Gasteiger partial charge in [-0.3, -0.25) is 0 Å². The van der Waals surface area contributed by atoms with Gasteiger partial charge in [0.05, 0.1) is 6.61 Å². The lowest BCUT2D eigenvalue weighted by atomic mass is 10.0. The Balaban J connectivity index is 1.84. The number of aliphatic hydroxyl groups is 1. The molecule has 1 N–H and O–H groups in total. The lowest BCUT2D eigenvalue weighted by Crippen LogP contribution is -2.11. The zero-order valence-corrected chi connectivity index (χ0v) is 9.65. The van der Waals surface area contributed by atoms with Crippen molar-refractivity contribution in [2.45, 2.75) is 32.3 Å². The van der Waals surface area contributed by atoms with Crippen LogP contribution in [0.1, 0.15) is 24.0 Å². The molecule has 2 heteroatoms. The Hall–Kier alpha value is -1.28. The average molecular weight is 218 g/mol. The van der Waals surface area contributed by atoms with Gasteiger partial charge in [0.15, 0.2) is 0 Å². The molecule has 0 amide bonds. The number of benzene rings is 1. The van der Waals surface area contributed by atoms with E-state index in [4.69, 9.17) is 4.74 Å². The lowest BCUT2D eigenvalue weighted by Gasteiger charge is -2.11. The summed E-state index contributed by atoms with van der Waals surface area (Å²) in [6.07, 6.45) is 4.09. The van der Waals surface area contributed by atoms with Crippen molar-refractivity contribution in [3.05, 3.63) is 47.2 Å². The first kappa shape index (κ1) is 11.2. The molecular formula is C14H18O2. The Morgan fingerprint density at radius 2 is 2.06 bits per heavy atom. The van der Waals surface area contributed by atoms with Crippen LogP contribution in [0.3, 0.4) is 0 Å². The maximum atomic E-state index is 9.87. The van der Waals surface area contributed by atoms with Gasteiger partial charge in [0.1, 0.15) is 11.9 Å². The zero-order valence-electron chi connectivity index (χ0n) is 9.65. The molecule has 0 bridgehead atoms. The lowest BCUT2D eigenvalue weighted by molar-refractivity contribution is 0.112. The van der Waals surface area contributed by atoms with Crippen molar-refractivity contribution < 1.29 is 9.84 Å². The molecule has 1 aliphatic rings. The van der Waals surface area contributed by atoms with Crippen LogP contribution in [0.25, 0.3) is 0 Å². The zero-order chi connectivity index (χ0) is 11.4. The summed E-state index contributed by atoms with van der Waals surface area (Å²) in [6.45, 7) is 2.80. The molecule has 0 aliphatic carbocycles. The number of ether oxygens (including phenoxy) is 1. The minimum absolute atomic E-state index is 0.441. The molecule has 2 nitrogen and oxygen atoms in total. The summed E-state index contributed by atoms with van der Waals surface area (Å²) in [5.74, 6) is 0.757. The van der Waals surface area contributed by atoms with Gasteiger partial charge in [-0.05, 0) is 31.4 Å². The van der Waals surface area contributed by atoms with Crippen LogP contribution in [-0.2, 0) is 11.2 Å². The van der Waals surface area contributed by atoms with E-state index in [9.17, 15) is 5.11 Å². The summed E-state index contributed by atoms with van der Waals surface area (Å²) in [5, 5.41) is 9.87. The summed E-state index contributed by atoms with van der Waals surface area (Å²) in [7, 11) is 0. The molecular weight excluding hydrogens is 200 g/mol. The van der Waals surface area contributed by atoms with E-state index < -0.39 is 6.10 Å². The number of aryl methyl sites for hydroxylation is 2. The third-order valence-corrected chi connectivity index (χ3v) is 2.89. The normalized spacial score (nSPS) is 16.8. The van der Waals surface area contributed by atoms with Gasteiger partial charge in [0.2, 0.25) is 0 Å². The fraction of sp³-hybridized carbons (Fsp3) is 0.429. The molecule has 1 aromatic rings. The van der Waals surface area contributed by atoms with E-state index in [0.717, 1.165) is 31.6 Å². The number of hydrogen-bond donors (Lipinski definition) is 1. The van der Waals surface area contributed by atoms with Gasteiger partial charge < -0.3 is 9.84 Å². The van der Waals surface area contributed by atoms with Gasteiger partial charge >= 0.3 is 0 Å². The quantitative estimate of drug-likeness (QED) is 0.841. The summed E-state index contributed by atoms with van der Waals surface area (Å²) in [4.78, 5) is 0. The SMILES string of the molecule is Cc1ccc(CCC(O)C2=CCCO2)cc1. The fourth-order valence-electron chi connectivity index (χ4n) is 1.87. The Morgan fingerprint density at radius 1 is 1.31 bits per heavy atom. The van der Waals surface area contributed by atoms with E-state index in [2.05, 4.69) is 31.2 Å². The highest BCUT2D eigenvalue weighted by Crippen LogP contribution is 2.17. The van der Waals surface area contributed by atoms with Gasteiger partial charge in [0.25, 0.3) is 0 Å². The van der Waals surface area contributed by atoms with E-state index in [1.165, 1.54) is 11.1 Å². The first-order valence-corrected chi connectivity index (χ1v) is 5.82. The molecule has 1 aliphatic heterocycles. The van der Waals surface area contributed by atoms with E-state index in [1.54, 1.807) is 0 Å². The molecule has 0 saturated carbocycles. The maximum absolute atomic E-state index is 9.87. The third-order valence-electron chi connectivity index (χ3n) is 2.89. The molecule has 0 saturated heterocycles. The van der Waals surface area contributed by atoms with Crippen LogP contribution in [0.5, 0.6) is 0 Å². The van der Waals surface area contributed by atoms with Crippen molar-refractivity contribution in [2.75, 3.05) is 6.61 Å². The largest absolute Gasteiger partial charge is 0.495 e. The van der Waals surface area contributed by atoms with Crippen molar-refractivity contribution in [1.82, 2.24) is 0 Å². The number of rotatable bonds is 4. The van der Waals surface area contributed by atoms with Crippen LogP contribution < -0.4 is 0 Å². The molecule has 0 aromatic heterocycles. The Labute approximate surface area is 96.6 Å². The van der Waals surface area contributed by atoms with Crippen molar-refractivity contribution in [1.29, 1.82) is 0 Å². The third kappa shape index (κ3) is 2.86. The predicted octanol–water partition coefficient (Wildman–Crippen LogP) is 2.59. The summed E-state index contributed by atoms with van der Waals surface area (Å²) < 4.78 is 5.33. The fourth-order valence-corrected chi connectivity index (χ4v) is 1.87. The van der Waals surface area contributed by atoms with E-state index in [-0.39, 0.29) is 0 Å². The van der Waals surface area contributed by atoms with Gasteiger partial charge in [0, 0.05) is 6.42 Å². The maximum Gasteiger partial charge on any atom is 0.121 e. The van der Waals surface area contributed by atoms with Crippen LogP contribution >= 0.6 is 0 Å². The second-order valence-electron chi connectivity index (χ2n) is 4.28.